The molecule has 2 heterocycles. The summed E-state index contributed by atoms with van der Waals surface area (Å²) in [4.78, 5) is 61.2. The Morgan fingerprint density at radius 1 is 1.02 bits per heavy atom. The molecule has 3 aromatic carbocycles. The smallest absolute Gasteiger partial charge is 0.304 e. The zero-order valence-electron chi connectivity index (χ0n) is 35.9. The molecule has 0 saturated carbocycles. The van der Waals surface area contributed by atoms with E-state index in [4.69, 9.17) is 27.9 Å². The minimum Gasteiger partial charge on any atom is -0.481 e. The van der Waals surface area contributed by atoms with E-state index in [0.29, 0.717) is 53.9 Å². The Hall–Kier alpha value is -5.25. The molecule has 3 amide bonds. The normalized spacial score (nSPS) is 16.8. The minimum atomic E-state index is -1.31. The van der Waals surface area contributed by atoms with Gasteiger partial charge in [-0.15, -0.1) is 0 Å². The maximum absolute atomic E-state index is 14.0. The molecule has 1 saturated heterocycles. The minimum absolute atomic E-state index is 0.105. The lowest BCUT2D eigenvalue weighted by atomic mass is 9.82. The van der Waals surface area contributed by atoms with Gasteiger partial charge in [-0.25, -0.2) is 4.98 Å². The number of carbonyl (C=O) groups excluding carboxylic acids is 3. The monoisotopic (exact) mass is 889 g/mol. The van der Waals surface area contributed by atoms with Crippen LogP contribution in [0, 0.1) is 5.92 Å². The summed E-state index contributed by atoms with van der Waals surface area (Å²) in [7, 11) is 5.99. The Balaban J connectivity index is 1.24. The fourth-order valence-electron chi connectivity index (χ4n) is 7.58. The van der Waals surface area contributed by atoms with Gasteiger partial charge in [-0.1, -0.05) is 53.6 Å². The number of carboxylic acid groups (broad SMARTS) is 1. The van der Waals surface area contributed by atoms with Crippen LogP contribution in [0.5, 0.6) is 11.5 Å². The van der Waals surface area contributed by atoms with Gasteiger partial charge >= 0.3 is 5.97 Å². The van der Waals surface area contributed by atoms with Crippen molar-refractivity contribution in [1.82, 2.24) is 35.3 Å². The SMILES string of the molecule is C/C=C/CC(CC(=O)O)C(=O)N1CCCC(Cc2ccc(Cl)cc2)(NC(=O)C(CO)NC(=O)C(C)NCc2ccc(Cl)cc2Oc2ccc(-c3cnc(CN(C)C)n3C)cc2)C1. The fraction of sp³-hybridized carbons (Fsp3) is 0.413. The van der Waals surface area contributed by atoms with Crippen LogP contribution >= 0.6 is 23.2 Å². The summed E-state index contributed by atoms with van der Waals surface area (Å²) in [5.74, 6) is -1.27. The number of aliphatic hydroxyl groups is 1. The van der Waals surface area contributed by atoms with Crippen molar-refractivity contribution in [2.45, 2.75) is 76.7 Å². The molecule has 16 heteroatoms. The van der Waals surface area contributed by atoms with E-state index in [1.54, 1.807) is 61.2 Å². The zero-order valence-corrected chi connectivity index (χ0v) is 37.4. The number of amides is 3. The number of nitrogens with zero attached hydrogens (tertiary/aromatic N) is 4. The number of ether oxygens (including phenoxy) is 1. The predicted molar refractivity (Wildman–Crippen MR) is 240 cm³/mol. The summed E-state index contributed by atoms with van der Waals surface area (Å²) in [6.45, 7) is 4.20. The number of hydrogen-bond donors (Lipinski definition) is 5. The number of benzene rings is 3. The molecule has 4 atom stereocenters. The second kappa shape index (κ2) is 22.2. The number of allylic oxidation sites excluding steroid dienone is 2. The highest BCUT2D eigenvalue weighted by molar-refractivity contribution is 6.31. The number of aromatic nitrogens is 2. The number of imidazole rings is 1. The molecule has 1 aromatic heterocycles. The number of halogens is 2. The first kappa shape index (κ1) is 47.8. The second-order valence-electron chi connectivity index (χ2n) is 16.1. The van der Waals surface area contributed by atoms with Crippen molar-refractivity contribution < 1.29 is 34.1 Å². The first-order chi connectivity index (χ1) is 29.6. The number of hydrogen-bond acceptors (Lipinski definition) is 9. The zero-order chi connectivity index (χ0) is 45.0. The van der Waals surface area contributed by atoms with Gasteiger partial charge in [0.05, 0.1) is 49.0 Å². The van der Waals surface area contributed by atoms with Crippen LogP contribution in [0.2, 0.25) is 10.0 Å². The lowest BCUT2D eigenvalue weighted by molar-refractivity contribution is -0.146. The van der Waals surface area contributed by atoms with Crippen LogP contribution in [0.4, 0.5) is 0 Å². The molecule has 0 spiro atoms. The third kappa shape index (κ3) is 13.1. The standard InChI is InChI=1S/C46H57Cl2N7O7/c1-6-7-9-33(22-42(57)58)45(61)55-21-8-20-46(29-55,24-31-10-15-35(47)16-11-31)52-44(60)38(28-56)51-43(59)30(2)49-25-34-12-17-36(48)23-40(34)62-37-18-13-32(14-19-37)39-26-50-41(54(39)5)27-53(3)4/h6-7,10-19,23,26,30,33,38,49,56H,8-9,20-22,24-25,27-29H2,1-5H3,(H,51,59)(H,52,60)(H,57,58)/b7-6+. The van der Waals surface area contributed by atoms with E-state index in [1.165, 1.54) is 0 Å². The Morgan fingerprint density at radius 2 is 1.73 bits per heavy atom. The van der Waals surface area contributed by atoms with E-state index < -0.39 is 47.9 Å². The van der Waals surface area contributed by atoms with E-state index in [2.05, 4.69) is 30.4 Å². The molecule has 0 bridgehead atoms. The van der Waals surface area contributed by atoms with Gasteiger partial charge in [-0.2, -0.15) is 0 Å². The van der Waals surface area contributed by atoms with E-state index in [1.807, 2.05) is 63.7 Å². The van der Waals surface area contributed by atoms with Gasteiger partial charge < -0.3 is 45.3 Å². The molecular formula is C46H57Cl2N7O7. The predicted octanol–water partition coefficient (Wildman–Crippen LogP) is 5.98. The van der Waals surface area contributed by atoms with Gasteiger partial charge in [0, 0.05) is 47.9 Å². The maximum Gasteiger partial charge on any atom is 0.304 e. The molecule has 332 valence electrons. The molecule has 14 nitrogen and oxygen atoms in total. The summed E-state index contributed by atoms with van der Waals surface area (Å²) in [5, 5.41) is 29.9. The van der Waals surface area contributed by atoms with Crippen molar-refractivity contribution in [3.8, 4) is 22.8 Å². The van der Waals surface area contributed by atoms with Crippen LogP contribution in [0.3, 0.4) is 0 Å². The van der Waals surface area contributed by atoms with E-state index in [0.717, 1.165) is 28.2 Å². The summed E-state index contributed by atoms with van der Waals surface area (Å²) >= 11 is 12.5. The number of carboxylic acids is 1. The summed E-state index contributed by atoms with van der Waals surface area (Å²) in [5.41, 5.74) is 2.54. The van der Waals surface area contributed by atoms with Gasteiger partial charge in [0.1, 0.15) is 23.4 Å². The third-order valence-electron chi connectivity index (χ3n) is 10.9. The number of carbonyl (C=O) groups is 4. The highest BCUT2D eigenvalue weighted by Crippen LogP contribution is 2.32. The molecule has 5 rings (SSSR count). The molecule has 1 aliphatic heterocycles. The van der Waals surface area contributed by atoms with Crippen molar-refractivity contribution in [3.63, 3.8) is 0 Å². The maximum atomic E-state index is 14.0. The fourth-order valence-corrected chi connectivity index (χ4v) is 7.86. The molecular weight excluding hydrogens is 833 g/mol. The number of aliphatic hydroxyl groups excluding tert-OH is 1. The van der Waals surface area contributed by atoms with Gasteiger partial charge in [0.2, 0.25) is 17.7 Å². The van der Waals surface area contributed by atoms with E-state index in [-0.39, 0.29) is 31.8 Å². The van der Waals surface area contributed by atoms with Crippen molar-refractivity contribution >= 4 is 46.9 Å². The van der Waals surface area contributed by atoms with Gasteiger partial charge in [-0.05, 0) is 108 Å². The van der Waals surface area contributed by atoms with Crippen molar-refractivity contribution in [2.75, 3.05) is 33.8 Å². The first-order valence-corrected chi connectivity index (χ1v) is 21.4. The van der Waals surface area contributed by atoms with E-state index in [9.17, 15) is 29.4 Å². The number of aliphatic carboxylic acids is 1. The Morgan fingerprint density at radius 3 is 2.39 bits per heavy atom. The second-order valence-corrected chi connectivity index (χ2v) is 17.0. The van der Waals surface area contributed by atoms with Crippen molar-refractivity contribution in [3.05, 3.63) is 112 Å². The molecule has 0 radical (unpaired) electrons. The molecule has 62 heavy (non-hydrogen) atoms. The van der Waals surface area contributed by atoms with Crippen LogP contribution in [0.25, 0.3) is 11.3 Å². The van der Waals surface area contributed by atoms with Crippen molar-refractivity contribution in [1.29, 1.82) is 0 Å². The Bertz CT molecular complexity index is 2200. The average molecular weight is 891 g/mol. The van der Waals surface area contributed by atoms with Crippen LogP contribution in [-0.2, 0) is 45.7 Å². The van der Waals surface area contributed by atoms with Gasteiger partial charge in [0.25, 0.3) is 0 Å². The summed E-state index contributed by atoms with van der Waals surface area (Å²) in [6.07, 6.45) is 6.69. The molecule has 4 unspecified atom stereocenters. The first-order valence-electron chi connectivity index (χ1n) is 20.6. The Kier molecular flexibility index (Phi) is 17.1. The largest absolute Gasteiger partial charge is 0.481 e. The average Bonchev–Trinajstić information content (AvgIpc) is 3.59. The van der Waals surface area contributed by atoms with Gasteiger partial charge in [0.15, 0.2) is 0 Å². The highest BCUT2D eigenvalue weighted by atomic mass is 35.5. The highest BCUT2D eigenvalue weighted by Gasteiger charge is 2.41. The van der Waals surface area contributed by atoms with Gasteiger partial charge in [-0.3, -0.25) is 19.2 Å². The van der Waals surface area contributed by atoms with E-state index >= 15 is 0 Å². The lowest BCUT2D eigenvalue weighted by Crippen LogP contribution is -2.65. The van der Waals surface area contributed by atoms with Crippen LogP contribution < -0.4 is 20.7 Å². The molecule has 0 aliphatic carbocycles. The number of likely N-dealkylation sites (tertiary alicyclic amines) is 1. The van der Waals surface area contributed by atoms with Crippen LogP contribution in [0.15, 0.2) is 85.1 Å². The van der Waals surface area contributed by atoms with Crippen LogP contribution in [-0.4, -0.2) is 105 Å². The molecule has 1 fully saturated rings. The number of rotatable bonds is 20. The number of nitrogens with one attached hydrogen (secondary N) is 3. The topological polar surface area (TPSA) is 178 Å². The van der Waals surface area contributed by atoms with Crippen molar-refractivity contribution in [2.24, 2.45) is 13.0 Å². The molecule has 5 N–H and O–H groups in total. The quantitative estimate of drug-likeness (QED) is 0.0664. The Labute approximate surface area is 373 Å². The third-order valence-corrected chi connectivity index (χ3v) is 11.4. The molecule has 1 aliphatic rings. The summed E-state index contributed by atoms with van der Waals surface area (Å²) in [6, 6.07) is 17.9. The molecule has 4 aromatic rings. The lowest BCUT2D eigenvalue weighted by Gasteiger charge is -2.45. The van der Waals surface area contributed by atoms with Crippen LogP contribution in [0.1, 0.15) is 56.5 Å². The number of piperidine rings is 1. The summed E-state index contributed by atoms with van der Waals surface area (Å²) < 4.78 is 8.34.